The highest BCUT2D eigenvalue weighted by Gasteiger charge is 2.39. The second-order valence-corrected chi connectivity index (χ2v) is 6.95. The fraction of sp³-hybridized carbons (Fsp3) is 0.238. The first-order chi connectivity index (χ1) is 13.4. The lowest BCUT2D eigenvalue weighted by Gasteiger charge is -2.17. The molecule has 2 aromatic carbocycles. The van der Waals surface area contributed by atoms with E-state index in [-0.39, 0.29) is 10.7 Å². The van der Waals surface area contributed by atoms with Crippen molar-refractivity contribution in [1.29, 1.82) is 0 Å². The molecule has 0 aliphatic carbocycles. The van der Waals surface area contributed by atoms with E-state index in [1.165, 1.54) is 7.11 Å². The van der Waals surface area contributed by atoms with Crippen LogP contribution in [-0.2, 0) is 9.59 Å². The number of nitrogens with zero attached hydrogens (tertiary/aromatic N) is 1. The van der Waals surface area contributed by atoms with Crippen molar-refractivity contribution in [2.75, 3.05) is 24.4 Å². The number of carbonyl (C=O) groups excluding carboxylic acids is 2. The van der Waals surface area contributed by atoms with E-state index in [1.54, 1.807) is 37.4 Å². The van der Waals surface area contributed by atoms with Crippen molar-refractivity contribution >= 4 is 34.8 Å². The molecule has 0 bridgehead atoms. The van der Waals surface area contributed by atoms with Crippen LogP contribution in [0.2, 0.25) is 0 Å². The highest BCUT2D eigenvalue weighted by Crippen LogP contribution is 2.34. The Hall–Kier alpha value is -2.99. The van der Waals surface area contributed by atoms with Crippen LogP contribution in [0.3, 0.4) is 0 Å². The zero-order valence-electron chi connectivity index (χ0n) is 16.1. The molecule has 1 aliphatic rings. The van der Waals surface area contributed by atoms with E-state index >= 15 is 0 Å². The molecule has 1 heterocycles. The summed E-state index contributed by atoms with van der Waals surface area (Å²) in [6, 6.07) is 12.3. The molecule has 0 fully saturated rings. The van der Waals surface area contributed by atoms with Crippen LogP contribution in [0.1, 0.15) is 25.3 Å². The van der Waals surface area contributed by atoms with E-state index in [9.17, 15) is 9.59 Å². The Kier molecular flexibility index (Phi) is 5.61. The average molecular weight is 401 g/mol. The van der Waals surface area contributed by atoms with E-state index in [4.69, 9.17) is 21.1 Å². The lowest BCUT2D eigenvalue weighted by atomic mass is 10.0. The Balaban J connectivity index is 1.89. The molecule has 2 amide bonds. The summed E-state index contributed by atoms with van der Waals surface area (Å²) in [5.74, 6) is 0.309. The number of benzene rings is 2. The molecule has 146 valence electrons. The first-order valence-corrected chi connectivity index (χ1v) is 9.12. The van der Waals surface area contributed by atoms with Gasteiger partial charge in [-0.1, -0.05) is 37.6 Å². The maximum atomic E-state index is 12.9. The molecule has 0 atom stereocenters. The second-order valence-electron chi connectivity index (χ2n) is 6.57. The lowest BCUT2D eigenvalue weighted by Crippen LogP contribution is -2.32. The van der Waals surface area contributed by atoms with Gasteiger partial charge in [-0.2, -0.15) is 0 Å². The smallest absolute Gasteiger partial charge is 0.283 e. The predicted molar refractivity (Wildman–Crippen MR) is 109 cm³/mol. The molecule has 1 N–H and O–H groups in total. The van der Waals surface area contributed by atoms with Gasteiger partial charge in [0.25, 0.3) is 11.8 Å². The molecule has 3 rings (SSSR count). The van der Waals surface area contributed by atoms with Crippen LogP contribution in [0, 0.1) is 0 Å². The molecule has 28 heavy (non-hydrogen) atoms. The molecule has 1 aliphatic heterocycles. The third-order valence-electron chi connectivity index (χ3n) is 4.51. The number of imide groups is 1. The van der Waals surface area contributed by atoms with E-state index < -0.39 is 11.8 Å². The minimum Gasteiger partial charge on any atom is -0.497 e. The summed E-state index contributed by atoms with van der Waals surface area (Å²) in [6.07, 6.45) is 0. The van der Waals surface area contributed by atoms with Gasteiger partial charge in [-0.25, -0.2) is 4.90 Å². The minimum atomic E-state index is -0.570. The third kappa shape index (κ3) is 3.55. The topological polar surface area (TPSA) is 67.9 Å². The number of hydrogen-bond donors (Lipinski definition) is 1. The molecule has 0 saturated carbocycles. The Morgan fingerprint density at radius 2 is 1.64 bits per heavy atom. The van der Waals surface area contributed by atoms with Crippen LogP contribution in [0.15, 0.2) is 53.2 Å². The van der Waals surface area contributed by atoms with E-state index in [1.807, 2.05) is 12.1 Å². The van der Waals surface area contributed by atoms with Gasteiger partial charge in [0, 0.05) is 6.07 Å². The van der Waals surface area contributed by atoms with Gasteiger partial charge in [0.05, 0.1) is 25.6 Å². The van der Waals surface area contributed by atoms with Crippen molar-refractivity contribution in [3.05, 3.63) is 58.8 Å². The molecule has 7 heteroatoms. The summed E-state index contributed by atoms with van der Waals surface area (Å²) in [5.41, 5.74) is 2.08. The van der Waals surface area contributed by atoms with Crippen LogP contribution in [0.5, 0.6) is 11.5 Å². The van der Waals surface area contributed by atoms with Gasteiger partial charge in [-0.05, 0) is 35.7 Å². The van der Waals surface area contributed by atoms with Crippen molar-refractivity contribution in [3.63, 3.8) is 0 Å². The SMILES string of the molecule is COc1ccc(NC2=C(Cl)C(=O)N(c3ccc(C(C)C)cc3)C2=O)c(OC)c1. The van der Waals surface area contributed by atoms with E-state index in [2.05, 4.69) is 19.2 Å². The van der Waals surface area contributed by atoms with E-state index in [0.717, 1.165) is 10.5 Å². The molecule has 0 radical (unpaired) electrons. The van der Waals surface area contributed by atoms with Gasteiger partial charge in [0.15, 0.2) is 0 Å². The van der Waals surface area contributed by atoms with Crippen molar-refractivity contribution in [2.24, 2.45) is 0 Å². The number of nitrogens with one attached hydrogen (secondary N) is 1. The minimum absolute atomic E-state index is 0.00284. The van der Waals surface area contributed by atoms with Crippen LogP contribution in [0.25, 0.3) is 0 Å². The standard InChI is InChI=1S/C21H21ClN2O4/c1-12(2)13-5-7-14(8-6-13)24-20(25)18(22)19(21(24)26)23-16-10-9-15(27-3)11-17(16)28-4/h5-12,23H,1-4H3. The number of rotatable bonds is 6. The summed E-state index contributed by atoms with van der Waals surface area (Å²) in [6.45, 7) is 4.15. The van der Waals surface area contributed by atoms with Gasteiger partial charge >= 0.3 is 0 Å². The van der Waals surface area contributed by atoms with Gasteiger partial charge in [0.2, 0.25) is 0 Å². The van der Waals surface area contributed by atoms with Crippen LogP contribution < -0.4 is 19.7 Å². The average Bonchev–Trinajstić information content (AvgIpc) is 2.91. The van der Waals surface area contributed by atoms with Gasteiger partial charge in [0.1, 0.15) is 22.2 Å². The van der Waals surface area contributed by atoms with Crippen molar-refractivity contribution in [3.8, 4) is 11.5 Å². The molecule has 0 saturated heterocycles. The van der Waals surface area contributed by atoms with Gasteiger partial charge < -0.3 is 14.8 Å². The molecule has 0 aromatic heterocycles. The lowest BCUT2D eigenvalue weighted by molar-refractivity contribution is -0.120. The van der Waals surface area contributed by atoms with Crippen molar-refractivity contribution in [1.82, 2.24) is 0 Å². The Morgan fingerprint density at radius 3 is 2.21 bits per heavy atom. The number of halogens is 1. The first-order valence-electron chi connectivity index (χ1n) is 8.75. The van der Waals surface area contributed by atoms with Crippen LogP contribution in [-0.4, -0.2) is 26.0 Å². The fourth-order valence-electron chi connectivity index (χ4n) is 2.89. The second kappa shape index (κ2) is 7.94. The number of ether oxygens (including phenoxy) is 2. The number of hydrogen-bond acceptors (Lipinski definition) is 5. The third-order valence-corrected chi connectivity index (χ3v) is 4.86. The molecule has 2 aromatic rings. The first kappa shape index (κ1) is 19.8. The van der Waals surface area contributed by atoms with Crippen molar-refractivity contribution < 1.29 is 19.1 Å². The van der Waals surface area contributed by atoms with Gasteiger partial charge in [-0.15, -0.1) is 0 Å². The Morgan fingerprint density at radius 1 is 0.964 bits per heavy atom. The van der Waals surface area contributed by atoms with Crippen molar-refractivity contribution in [2.45, 2.75) is 19.8 Å². The highest BCUT2D eigenvalue weighted by atomic mass is 35.5. The zero-order chi connectivity index (χ0) is 20.4. The fourth-order valence-corrected chi connectivity index (χ4v) is 3.10. The number of carbonyl (C=O) groups is 2. The number of methoxy groups -OCH3 is 2. The summed E-state index contributed by atoms with van der Waals surface area (Å²) in [5, 5.41) is 2.76. The summed E-state index contributed by atoms with van der Waals surface area (Å²) in [4.78, 5) is 26.6. The Labute approximate surface area is 168 Å². The van der Waals surface area contributed by atoms with Gasteiger partial charge in [-0.3, -0.25) is 9.59 Å². The van der Waals surface area contributed by atoms with Crippen LogP contribution >= 0.6 is 11.6 Å². The Bertz CT molecular complexity index is 951. The molecular formula is C21H21ClN2O4. The number of anilines is 2. The largest absolute Gasteiger partial charge is 0.497 e. The van der Waals surface area contributed by atoms with E-state index in [0.29, 0.717) is 28.8 Å². The summed E-state index contributed by atoms with van der Waals surface area (Å²) < 4.78 is 10.5. The zero-order valence-corrected chi connectivity index (χ0v) is 16.8. The molecular weight excluding hydrogens is 380 g/mol. The highest BCUT2D eigenvalue weighted by molar-refractivity contribution is 6.53. The maximum absolute atomic E-state index is 12.9. The summed E-state index contributed by atoms with van der Waals surface area (Å²) in [7, 11) is 3.04. The maximum Gasteiger partial charge on any atom is 0.283 e. The molecule has 6 nitrogen and oxygen atoms in total. The predicted octanol–water partition coefficient (Wildman–Crippen LogP) is 4.26. The quantitative estimate of drug-likeness (QED) is 0.733. The normalized spacial score (nSPS) is 14.1. The monoisotopic (exact) mass is 400 g/mol. The molecule has 0 spiro atoms. The number of amides is 2. The molecule has 0 unspecified atom stereocenters. The van der Waals surface area contributed by atoms with Crippen LogP contribution in [0.4, 0.5) is 11.4 Å². The summed E-state index contributed by atoms with van der Waals surface area (Å²) >= 11 is 6.19.